The van der Waals surface area contributed by atoms with E-state index in [0.717, 1.165) is 33.4 Å². The molecule has 8 heteroatoms. The molecule has 184 valence electrons. The molecule has 1 aromatic heterocycles. The van der Waals surface area contributed by atoms with Gasteiger partial charge in [0.2, 0.25) is 11.7 Å². The molecule has 4 aromatic rings. The second-order valence-corrected chi connectivity index (χ2v) is 8.27. The lowest BCUT2D eigenvalue weighted by Gasteiger charge is -2.12. The summed E-state index contributed by atoms with van der Waals surface area (Å²) in [5.74, 6) is 0.0146. The molecule has 0 saturated heterocycles. The number of rotatable bonds is 9. The predicted octanol–water partition coefficient (Wildman–Crippen LogP) is 4.36. The number of benzene rings is 3. The highest BCUT2D eigenvalue weighted by atomic mass is 16.5. The second kappa shape index (κ2) is 11.4. The molecule has 0 radical (unpaired) electrons. The summed E-state index contributed by atoms with van der Waals surface area (Å²) >= 11 is 0. The third-order valence-corrected chi connectivity index (χ3v) is 5.72. The number of amides is 1. The van der Waals surface area contributed by atoms with Crippen LogP contribution in [0.25, 0.3) is 34.0 Å². The van der Waals surface area contributed by atoms with Crippen LogP contribution in [0, 0.1) is 6.92 Å². The number of aromatic nitrogens is 2. The van der Waals surface area contributed by atoms with Gasteiger partial charge in [-0.1, -0.05) is 53.7 Å². The van der Waals surface area contributed by atoms with Crippen LogP contribution in [0.3, 0.4) is 0 Å². The highest BCUT2D eigenvalue weighted by Crippen LogP contribution is 2.31. The highest BCUT2D eigenvalue weighted by Gasteiger charge is 2.15. The first-order valence-corrected chi connectivity index (χ1v) is 11.4. The Hall–Kier alpha value is -4.30. The Morgan fingerprint density at radius 3 is 2.56 bits per heavy atom. The van der Waals surface area contributed by atoms with Crippen LogP contribution in [0.1, 0.15) is 16.7 Å². The number of hydrogen-bond donors (Lipinski definition) is 1. The topological polar surface area (TPSA) is 104 Å². The van der Waals surface area contributed by atoms with E-state index < -0.39 is 5.97 Å². The van der Waals surface area contributed by atoms with Gasteiger partial charge in [0.25, 0.3) is 5.89 Å². The largest absolute Gasteiger partial charge is 0.468 e. The van der Waals surface area contributed by atoms with Gasteiger partial charge in [0, 0.05) is 18.2 Å². The van der Waals surface area contributed by atoms with Crippen LogP contribution in [0.15, 0.2) is 71.3 Å². The summed E-state index contributed by atoms with van der Waals surface area (Å²) < 4.78 is 15.6. The maximum atomic E-state index is 12.1. The fraction of sp³-hybridized carbons (Fsp3) is 0.214. The molecule has 1 amide bonds. The molecule has 0 unspecified atom stereocenters. The molecular formula is C28H27N3O5. The molecule has 36 heavy (non-hydrogen) atoms. The molecule has 1 N–H and O–H groups in total. The molecule has 1 heterocycles. The Morgan fingerprint density at radius 1 is 0.944 bits per heavy atom. The van der Waals surface area contributed by atoms with Crippen LogP contribution in [0.2, 0.25) is 0 Å². The van der Waals surface area contributed by atoms with Crippen molar-refractivity contribution in [2.75, 3.05) is 20.8 Å². The number of hydrogen-bond acceptors (Lipinski definition) is 7. The van der Waals surface area contributed by atoms with Gasteiger partial charge in [-0.2, -0.15) is 4.98 Å². The van der Waals surface area contributed by atoms with E-state index in [2.05, 4.69) is 39.3 Å². The van der Waals surface area contributed by atoms with Gasteiger partial charge in [-0.05, 0) is 52.9 Å². The number of nitrogens with one attached hydrogen (secondary N) is 1. The Morgan fingerprint density at radius 2 is 1.78 bits per heavy atom. The monoisotopic (exact) mass is 485 g/mol. The van der Waals surface area contributed by atoms with E-state index >= 15 is 0 Å². The fourth-order valence-electron chi connectivity index (χ4n) is 3.91. The first-order valence-electron chi connectivity index (χ1n) is 11.4. The van der Waals surface area contributed by atoms with Gasteiger partial charge >= 0.3 is 5.97 Å². The minimum absolute atomic E-state index is 0.107. The van der Waals surface area contributed by atoms with Gasteiger partial charge in [-0.25, -0.2) is 0 Å². The van der Waals surface area contributed by atoms with Gasteiger partial charge in [0.1, 0.15) is 6.54 Å². The van der Waals surface area contributed by atoms with Crippen molar-refractivity contribution in [3.05, 3.63) is 83.4 Å². The van der Waals surface area contributed by atoms with Crippen molar-refractivity contribution < 1.29 is 23.6 Å². The molecule has 8 nitrogen and oxygen atoms in total. The quantitative estimate of drug-likeness (QED) is 0.351. The number of carbonyl (C=O) groups is 2. The average Bonchev–Trinajstić information content (AvgIpc) is 3.39. The van der Waals surface area contributed by atoms with E-state index in [4.69, 9.17) is 9.26 Å². The minimum Gasteiger partial charge on any atom is -0.468 e. The molecule has 0 aliphatic heterocycles. The molecule has 0 bridgehead atoms. The summed E-state index contributed by atoms with van der Waals surface area (Å²) in [5.41, 5.74) is 6.71. The van der Waals surface area contributed by atoms with Crippen molar-refractivity contribution in [3.63, 3.8) is 0 Å². The molecule has 0 aliphatic rings. The lowest BCUT2D eigenvalue weighted by molar-refractivity contribution is -0.141. The van der Waals surface area contributed by atoms with Crippen LogP contribution in [-0.4, -0.2) is 42.8 Å². The number of nitrogens with zero attached hydrogens (tertiary/aromatic N) is 2. The maximum Gasteiger partial charge on any atom is 0.325 e. The summed E-state index contributed by atoms with van der Waals surface area (Å²) in [6.07, 6.45) is 0.107. The summed E-state index contributed by atoms with van der Waals surface area (Å²) in [4.78, 5) is 27.9. The normalized spacial score (nSPS) is 10.8. The Kier molecular flexibility index (Phi) is 7.87. The molecule has 4 rings (SSSR count). The average molecular weight is 486 g/mol. The Balaban J connectivity index is 1.55. The Labute approximate surface area is 209 Å². The highest BCUT2D eigenvalue weighted by molar-refractivity contribution is 5.83. The zero-order valence-corrected chi connectivity index (χ0v) is 20.4. The van der Waals surface area contributed by atoms with E-state index in [1.54, 1.807) is 7.11 Å². The maximum absolute atomic E-state index is 12.1. The zero-order chi connectivity index (χ0) is 25.5. The molecule has 0 aliphatic carbocycles. The number of esters is 1. The summed E-state index contributed by atoms with van der Waals surface area (Å²) in [5, 5.41) is 6.67. The van der Waals surface area contributed by atoms with Crippen molar-refractivity contribution in [2.45, 2.75) is 20.0 Å². The third kappa shape index (κ3) is 5.84. The van der Waals surface area contributed by atoms with E-state index in [1.165, 1.54) is 12.7 Å². The fourth-order valence-corrected chi connectivity index (χ4v) is 3.91. The number of carbonyl (C=O) groups excluding carboxylic acids is 2. The molecule has 0 atom stereocenters. The Bertz CT molecular complexity index is 1380. The van der Waals surface area contributed by atoms with Crippen molar-refractivity contribution in [1.82, 2.24) is 15.5 Å². The lowest BCUT2D eigenvalue weighted by Crippen LogP contribution is -2.31. The lowest BCUT2D eigenvalue weighted by atomic mass is 9.94. The van der Waals surface area contributed by atoms with E-state index in [9.17, 15) is 9.59 Å². The smallest absolute Gasteiger partial charge is 0.325 e. The first-order chi connectivity index (χ1) is 17.5. The van der Waals surface area contributed by atoms with Crippen molar-refractivity contribution in [1.29, 1.82) is 0 Å². The molecular weight excluding hydrogens is 458 g/mol. The van der Waals surface area contributed by atoms with Crippen LogP contribution in [0.5, 0.6) is 0 Å². The van der Waals surface area contributed by atoms with Crippen LogP contribution in [-0.2, 0) is 32.1 Å². The van der Waals surface area contributed by atoms with Crippen LogP contribution < -0.4 is 5.32 Å². The second-order valence-electron chi connectivity index (χ2n) is 8.27. The molecule has 0 spiro atoms. The standard InChI is InChI=1S/C28H27N3O5/c1-18-7-4-5-10-23(18)24-12-11-21(15-22(24)17-34-2)28-30-27(31-36-28)20-9-6-8-19(13-20)14-25(32)29-16-26(33)35-3/h4-13,15H,14,16-17H2,1-3H3,(H,29,32). The summed E-state index contributed by atoms with van der Waals surface area (Å²) in [7, 11) is 2.94. The number of methoxy groups -OCH3 is 2. The molecule has 3 aromatic carbocycles. The van der Waals surface area contributed by atoms with Gasteiger partial charge in [0.05, 0.1) is 20.1 Å². The van der Waals surface area contributed by atoms with Crippen LogP contribution in [0.4, 0.5) is 0 Å². The molecule has 0 fully saturated rings. The number of ether oxygens (including phenoxy) is 2. The van der Waals surface area contributed by atoms with Gasteiger partial charge in [-0.15, -0.1) is 0 Å². The number of aryl methyl sites for hydroxylation is 1. The van der Waals surface area contributed by atoms with Gasteiger partial charge < -0.3 is 19.3 Å². The van der Waals surface area contributed by atoms with E-state index in [1.807, 2.05) is 54.6 Å². The third-order valence-electron chi connectivity index (χ3n) is 5.72. The van der Waals surface area contributed by atoms with Crippen molar-refractivity contribution >= 4 is 11.9 Å². The van der Waals surface area contributed by atoms with Gasteiger partial charge in [0.15, 0.2) is 0 Å². The molecule has 0 saturated carbocycles. The summed E-state index contributed by atoms with van der Waals surface area (Å²) in [6, 6.07) is 21.5. The van der Waals surface area contributed by atoms with E-state index in [-0.39, 0.29) is 18.9 Å². The van der Waals surface area contributed by atoms with Gasteiger partial charge in [-0.3, -0.25) is 9.59 Å². The zero-order valence-electron chi connectivity index (χ0n) is 20.4. The first kappa shape index (κ1) is 24.8. The SMILES string of the molecule is COCc1cc(-c2nc(-c3cccc(CC(=O)NCC(=O)OC)c3)no2)ccc1-c1ccccc1C. The van der Waals surface area contributed by atoms with E-state index in [0.29, 0.717) is 18.3 Å². The van der Waals surface area contributed by atoms with Crippen molar-refractivity contribution in [3.8, 4) is 34.0 Å². The minimum atomic E-state index is -0.503. The summed E-state index contributed by atoms with van der Waals surface area (Å²) in [6.45, 7) is 2.36. The van der Waals surface area contributed by atoms with Crippen LogP contribution >= 0.6 is 0 Å². The predicted molar refractivity (Wildman–Crippen MR) is 135 cm³/mol. The van der Waals surface area contributed by atoms with Crippen molar-refractivity contribution in [2.24, 2.45) is 0 Å².